The quantitative estimate of drug-likeness (QED) is 0.571. The molecule has 1 heterocycles. The minimum Gasteiger partial charge on any atom is -0.497 e. The first-order valence-corrected chi connectivity index (χ1v) is 6.96. The van der Waals surface area contributed by atoms with Crippen LogP contribution in [-0.2, 0) is 0 Å². The van der Waals surface area contributed by atoms with Crippen LogP contribution in [0.5, 0.6) is 5.75 Å². The van der Waals surface area contributed by atoms with Crippen LogP contribution in [-0.4, -0.2) is 12.1 Å². The summed E-state index contributed by atoms with van der Waals surface area (Å²) in [6, 6.07) is 15.8. The summed E-state index contributed by atoms with van der Waals surface area (Å²) in [5, 5.41) is 12.3. The van der Waals surface area contributed by atoms with Gasteiger partial charge >= 0.3 is 0 Å². The summed E-state index contributed by atoms with van der Waals surface area (Å²) in [5.41, 5.74) is 3.05. The zero-order chi connectivity index (χ0) is 13.9. The molecule has 0 saturated carbocycles. The van der Waals surface area contributed by atoms with Crippen molar-refractivity contribution in [2.75, 3.05) is 7.11 Å². The number of benzene rings is 2. The van der Waals surface area contributed by atoms with Crippen LogP contribution in [0.4, 0.5) is 0 Å². The van der Waals surface area contributed by atoms with Crippen molar-refractivity contribution in [1.82, 2.24) is 4.98 Å². The topological polar surface area (TPSA) is 48.8 Å². The second-order valence-corrected chi connectivity index (χ2v) is 5.09. The number of hydrogen-bond donors (Lipinski definition) is 1. The Kier molecular flexibility index (Phi) is 3.36. The average molecular weight is 280 g/mol. The van der Waals surface area contributed by atoms with Gasteiger partial charge in [0.1, 0.15) is 11.2 Å². The molecule has 0 radical (unpaired) electrons. The predicted octanol–water partition coefficient (Wildman–Crippen LogP) is 4.42. The zero-order valence-electron chi connectivity index (χ0n) is 10.9. The number of nitrogens with zero attached hydrogens (tertiary/aromatic N) is 1. The molecular weight excluding hydrogens is 268 g/mol. The van der Waals surface area contributed by atoms with Crippen LogP contribution in [0.3, 0.4) is 0 Å². The van der Waals surface area contributed by atoms with Crippen LogP contribution < -0.4 is 4.74 Å². The molecule has 4 heteroatoms. The first-order valence-electron chi connectivity index (χ1n) is 6.14. The third-order valence-electron chi connectivity index (χ3n) is 3.18. The number of nitriles is 1. The van der Waals surface area contributed by atoms with Crippen molar-refractivity contribution in [2.45, 2.75) is 4.90 Å². The smallest absolute Gasteiger partial charge is 0.138 e. The highest BCUT2D eigenvalue weighted by atomic mass is 32.2. The van der Waals surface area contributed by atoms with Gasteiger partial charge in [0, 0.05) is 10.9 Å². The fourth-order valence-electron chi connectivity index (χ4n) is 2.23. The van der Waals surface area contributed by atoms with Gasteiger partial charge in [-0.3, -0.25) is 0 Å². The number of aromatic amines is 1. The van der Waals surface area contributed by atoms with Crippen molar-refractivity contribution >= 4 is 22.7 Å². The molecule has 0 aliphatic rings. The molecule has 0 bridgehead atoms. The van der Waals surface area contributed by atoms with Crippen LogP contribution in [0.25, 0.3) is 22.2 Å². The van der Waals surface area contributed by atoms with Gasteiger partial charge in [0.05, 0.1) is 17.7 Å². The Morgan fingerprint density at radius 2 is 1.85 bits per heavy atom. The first-order chi connectivity index (χ1) is 9.83. The number of thioether (sulfide) groups is 1. The number of rotatable bonds is 3. The number of methoxy groups -OCH3 is 1. The second-order valence-electron chi connectivity index (χ2n) is 4.30. The van der Waals surface area contributed by atoms with Crippen molar-refractivity contribution in [3.63, 3.8) is 0 Å². The number of H-pyrrole nitrogens is 1. The summed E-state index contributed by atoms with van der Waals surface area (Å²) in [4.78, 5) is 4.36. The number of nitrogens with one attached hydrogen (secondary N) is 1. The fourth-order valence-corrected chi connectivity index (χ4v) is 2.88. The van der Waals surface area contributed by atoms with Gasteiger partial charge in [-0.15, -0.1) is 0 Å². The van der Waals surface area contributed by atoms with Crippen LogP contribution in [0.1, 0.15) is 0 Å². The molecular formula is C16H12N2OS. The van der Waals surface area contributed by atoms with Gasteiger partial charge < -0.3 is 9.72 Å². The molecule has 3 rings (SSSR count). The summed E-state index contributed by atoms with van der Waals surface area (Å²) in [6.07, 6.45) is 0. The summed E-state index contributed by atoms with van der Waals surface area (Å²) in [6.45, 7) is 0. The second kappa shape index (κ2) is 5.32. The van der Waals surface area contributed by atoms with Crippen molar-refractivity contribution in [3.05, 3.63) is 48.5 Å². The molecule has 0 saturated heterocycles. The molecule has 0 aliphatic heterocycles. The number of hydrogen-bond acceptors (Lipinski definition) is 3. The Morgan fingerprint density at radius 1 is 1.10 bits per heavy atom. The molecule has 1 aromatic heterocycles. The molecule has 3 nitrogen and oxygen atoms in total. The lowest BCUT2D eigenvalue weighted by Crippen LogP contribution is -1.83. The summed E-state index contributed by atoms with van der Waals surface area (Å²) in [5.74, 6) is 0.819. The van der Waals surface area contributed by atoms with Gasteiger partial charge in [-0.2, -0.15) is 5.26 Å². The Labute approximate surface area is 121 Å². The normalized spacial score (nSPS) is 10.4. The van der Waals surface area contributed by atoms with Gasteiger partial charge in [0.25, 0.3) is 0 Å². The lowest BCUT2D eigenvalue weighted by molar-refractivity contribution is 0.415. The highest BCUT2D eigenvalue weighted by Crippen LogP contribution is 2.37. The minimum atomic E-state index is 0.819. The van der Waals surface area contributed by atoms with Crippen molar-refractivity contribution < 1.29 is 4.74 Å². The van der Waals surface area contributed by atoms with Crippen LogP contribution in [0.2, 0.25) is 0 Å². The van der Waals surface area contributed by atoms with Crippen LogP contribution in [0.15, 0.2) is 53.4 Å². The Balaban J connectivity index is 2.18. The number of thiocyanates is 1. The third kappa shape index (κ3) is 2.13. The molecule has 0 atom stereocenters. The maximum absolute atomic E-state index is 9.03. The molecule has 20 heavy (non-hydrogen) atoms. The average Bonchev–Trinajstić information content (AvgIpc) is 2.87. The highest BCUT2D eigenvalue weighted by Gasteiger charge is 2.13. The van der Waals surface area contributed by atoms with Gasteiger partial charge in [-0.1, -0.05) is 18.2 Å². The van der Waals surface area contributed by atoms with Gasteiger partial charge in [0.2, 0.25) is 0 Å². The van der Waals surface area contributed by atoms with Crippen molar-refractivity contribution in [2.24, 2.45) is 0 Å². The van der Waals surface area contributed by atoms with Gasteiger partial charge in [-0.25, -0.2) is 0 Å². The molecule has 2 aromatic carbocycles. The molecule has 98 valence electrons. The third-order valence-corrected chi connectivity index (χ3v) is 3.90. The van der Waals surface area contributed by atoms with Crippen LogP contribution in [0, 0.1) is 10.7 Å². The van der Waals surface area contributed by atoms with E-state index in [1.807, 2.05) is 48.5 Å². The Hall–Kier alpha value is -2.38. The number of aromatic nitrogens is 1. The number of para-hydroxylation sites is 1. The first kappa shape index (κ1) is 12.6. The lowest BCUT2D eigenvalue weighted by Gasteiger charge is -2.03. The molecule has 0 amide bonds. The van der Waals surface area contributed by atoms with E-state index in [1.165, 1.54) is 11.8 Å². The minimum absolute atomic E-state index is 0.819. The number of fused-ring (bicyclic) bond motifs is 1. The van der Waals surface area contributed by atoms with Crippen molar-refractivity contribution in [3.8, 4) is 22.4 Å². The SMILES string of the molecule is COc1ccc(-c2[nH]c3ccccc3c2SC#N)cc1. The monoisotopic (exact) mass is 280 g/mol. The number of ether oxygens (including phenoxy) is 1. The fraction of sp³-hybridized carbons (Fsp3) is 0.0625. The highest BCUT2D eigenvalue weighted by molar-refractivity contribution is 8.04. The van der Waals surface area contributed by atoms with Crippen LogP contribution >= 0.6 is 11.8 Å². The van der Waals surface area contributed by atoms with Gasteiger partial charge in [-0.05, 0) is 47.7 Å². The maximum atomic E-state index is 9.03. The molecule has 0 aliphatic carbocycles. The molecule has 3 aromatic rings. The zero-order valence-corrected chi connectivity index (χ0v) is 11.7. The standard InChI is InChI=1S/C16H12N2OS/c1-19-12-8-6-11(7-9-12)15-16(20-10-17)13-4-2-3-5-14(13)18-15/h2-9,18H,1H3. The molecule has 1 N–H and O–H groups in total. The van der Waals surface area contributed by atoms with E-state index in [-0.39, 0.29) is 0 Å². The Bertz CT molecular complexity index is 784. The van der Waals surface area contributed by atoms with E-state index < -0.39 is 0 Å². The van der Waals surface area contributed by atoms with E-state index in [0.29, 0.717) is 0 Å². The van der Waals surface area contributed by atoms with E-state index in [1.54, 1.807) is 7.11 Å². The molecule has 0 fully saturated rings. The van der Waals surface area contributed by atoms with E-state index in [2.05, 4.69) is 10.4 Å². The van der Waals surface area contributed by atoms with E-state index in [9.17, 15) is 0 Å². The van der Waals surface area contributed by atoms with E-state index in [4.69, 9.17) is 10.00 Å². The van der Waals surface area contributed by atoms with E-state index >= 15 is 0 Å². The molecule has 0 unspecified atom stereocenters. The van der Waals surface area contributed by atoms with E-state index in [0.717, 1.165) is 32.8 Å². The largest absolute Gasteiger partial charge is 0.497 e. The lowest BCUT2D eigenvalue weighted by atomic mass is 10.1. The predicted molar refractivity (Wildman–Crippen MR) is 81.8 cm³/mol. The molecule has 0 spiro atoms. The van der Waals surface area contributed by atoms with Gasteiger partial charge in [0.15, 0.2) is 0 Å². The summed E-state index contributed by atoms with van der Waals surface area (Å²) >= 11 is 1.19. The summed E-state index contributed by atoms with van der Waals surface area (Å²) in [7, 11) is 1.65. The van der Waals surface area contributed by atoms with Crippen molar-refractivity contribution in [1.29, 1.82) is 5.26 Å². The Morgan fingerprint density at radius 3 is 2.55 bits per heavy atom. The summed E-state index contributed by atoms with van der Waals surface area (Å²) < 4.78 is 5.17. The maximum Gasteiger partial charge on any atom is 0.138 e.